The predicted octanol–water partition coefficient (Wildman–Crippen LogP) is 2.64. The number of amides is 1. The molecule has 1 amide bonds. The van der Waals surface area contributed by atoms with Gasteiger partial charge in [0.1, 0.15) is 11.9 Å². The number of carbonyl (C=O) groups excluding carboxylic acids is 2. The Bertz CT molecular complexity index is 566. The molecule has 1 unspecified atom stereocenters. The van der Waals surface area contributed by atoms with Gasteiger partial charge in [-0.1, -0.05) is 23.2 Å². The zero-order valence-electron chi connectivity index (χ0n) is 13.2. The van der Waals surface area contributed by atoms with Crippen molar-refractivity contribution in [2.24, 2.45) is 0 Å². The molecule has 1 fully saturated rings. The molecule has 1 aromatic rings. The third-order valence-electron chi connectivity index (χ3n) is 3.84. The highest BCUT2D eigenvalue weighted by molar-refractivity contribution is 6.35. The van der Waals surface area contributed by atoms with Crippen molar-refractivity contribution in [2.45, 2.75) is 19.4 Å². The fraction of sp³-hybridized carbons (Fsp3) is 0.500. The summed E-state index contributed by atoms with van der Waals surface area (Å²) in [5.74, 6) is -0.191. The van der Waals surface area contributed by atoms with Crippen molar-refractivity contribution in [3.8, 4) is 0 Å². The molecule has 0 spiro atoms. The van der Waals surface area contributed by atoms with E-state index in [2.05, 4.69) is 4.90 Å². The Kier molecular flexibility index (Phi) is 6.27. The van der Waals surface area contributed by atoms with E-state index in [1.54, 1.807) is 11.0 Å². The van der Waals surface area contributed by atoms with E-state index in [0.717, 1.165) is 5.69 Å². The summed E-state index contributed by atoms with van der Waals surface area (Å²) in [5.41, 5.74) is 0.946. The molecule has 2 rings (SSSR count). The lowest BCUT2D eigenvalue weighted by molar-refractivity contribution is -0.144. The lowest BCUT2D eigenvalue weighted by atomic mass is 10.1. The predicted molar refractivity (Wildman–Crippen MR) is 91.4 cm³/mol. The maximum atomic E-state index is 12.4. The first kappa shape index (κ1) is 18.0. The summed E-state index contributed by atoms with van der Waals surface area (Å²) < 4.78 is 5.16. The molecule has 0 aliphatic carbocycles. The molecule has 1 aliphatic rings. The minimum atomic E-state index is -0.695. The highest BCUT2D eigenvalue weighted by atomic mass is 35.5. The van der Waals surface area contributed by atoms with Gasteiger partial charge in [0.2, 0.25) is 0 Å². The van der Waals surface area contributed by atoms with Crippen LogP contribution in [0.5, 0.6) is 0 Å². The van der Waals surface area contributed by atoms with Crippen molar-refractivity contribution in [1.29, 1.82) is 0 Å². The van der Waals surface area contributed by atoms with Crippen molar-refractivity contribution in [2.75, 3.05) is 38.2 Å². The monoisotopic (exact) mass is 358 g/mol. The van der Waals surface area contributed by atoms with Crippen molar-refractivity contribution in [3.05, 3.63) is 28.2 Å². The summed E-state index contributed by atoms with van der Waals surface area (Å²) in [6, 6.07) is 5.41. The van der Waals surface area contributed by atoms with Crippen molar-refractivity contribution in [3.63, 3.8) is 0 Å². The zero-order chi connectivity index (χ0) is 17.0. The van der Waals surface area contributed by atoms with Crippen LogP contribution in [0.1, 0.15) is 13.3 Å². The molecule has 1 saturated heterocycles. The lowest BCUT2D eigenvalue weighted by Crippen LogP contribution is -2.52. The Morgan fingerprint density at radius 2 is 1.70 bits per heavy atom. The summed E-state index contributed by atoms with van der Waals surface area (Å²) >= 11 is 12.1. The second-order valence-corrected chi connectivity index (χ2v) is 6.44. The van der Waals surface area contributed by atoms with Crippen LogP contribution in [0.3, 0.4) is 0 Å². The molecular weight excluding hydrogens is 339 g/mol. The maximum absolute atomic E-state index is 12.4. The molecule has 1 heterocycles. The normalized spacial score (nSPS) is 16.3. The number of anilines is 1. The van der Waals surface area contributed by atoms with Crippen LogP contribution in [0.25, 0.3) is 0 Å². The van der Waals surface area contributed by atoms with E-state index in [1.807, 2.05) is 12.1 Å². The van der Waals surface area contributed by atoms with Crippen LogP contribution in [0.2, 0.25) is 10.0 Å². The molecule has 0 aromatic heterocycles. The minimum Gasteiger partial charge on any atom is -0.371 e. The third-order valence-corrected chi connectivity index (χ3v) is 4.27. The van der Waals surface area contributed by atoms with Gasteiger partial charge in [0, 0.05) is 55.4 Å². The summed E-state index contributed by atoms with van der Waals surface area (Å²) in [4.78, 5) is 27.5. The van der Waals surface area contributed by atoms with Gasteiger partial charge in [0.15, 0.2) is 0 Å². The van der Waals surface area contributed by atoms with Gasteiger partial charge in [-0.2, -0.15) is 0 Å². The molecule has 1 atom stereocenters. The number of ether oxygens (including phenoxy) is 1. The number of ketones is 1. The van der Waals surface area contributed by atoms with Gasteiger partial charge >= 0.3 is 0 Å². The largest absolute Gasteiger partial charge is 0.371 e. The second kappa shape index (κ2) is 7.99. The van der Waals surface area contributed by atoms with Gasteiger partial charge in [0.05, 0.1) is 0 Å². The highest BCUT2D eigenvalue weighted by Gasteiger charge is 2.28. The molecule has 126 valence electrons. The number of piperazine rings is 1. The van der Waals surface area contributed by atoms with Crippen LogP contribution in [-0.2, 0) is 14.3 Å². The Morgan fingerprint density at radius 1 is 1.13 bits per heavy atom. The van der Waals surface area contributed by atoms with E-state index in [0.29, 0.717) is 36.2 Å². The molecule has 7 heteroatoms. The Hall–Kier alpha value is -1.30. The van der Waals surface area contributed by atoms with Crippen molar-refractivity contribution in [1.82, 2.24) is 4.90 Å². The van der Waals surface area contributed by atoms with Crippen LogP contribution < -0.4 is 4.90 Å². The minimum absolute atomic E-state index is 0.0580. The molecule has 0 N–H and O–H groups in total. The molecular formula is C16H20Cl2N2O3. The van der Waals surface area contributed by atoms with Crippen LogP contribution in [0.15, 0.2) is 18.2 Å². The number of nitrogens with zero attached hydrogens (tertiary/aromatic N) is 2. The van der Waals surface area contributed by atoms with Gasteiger partial charge in [-0.05, 0) is 25.1 Å². The standard InChI is InChI=1S/C16H20Cl2N2O3/c1-11(21)7-15(23-2)16(22)20-5-3-19(4-6-20)14-9-12(17)8-13(18)10-14/h8-10,15H,3-7H2,1-2H3. The number of benzene rings is 1. The quantitative estimate of drug-likeness (QED) is 0.811. The van der Waals surface area contributed by atoms with Crippen LogP contribution in [-0.4, -0.2) is 56.0 Å². The fourth-order valence-corrected chi connectivity index (χ4v) is 3.16. The number of halogens is 2. The second-order valence-electron chi connectivity index (χ2n) is 5.57. The average Bonchev–Trinajstić information content (AvgIpc) is 2.51. The van der Waals surface area contributed by atoms with Gasteiger partial charge in [-0.3, -0.25) is 9.59 Å². The topological polar surface area (TPSA) is 49.9 Å². The first-order chi connectivity index (χ1) is 10.9. The number of Topliss-reactive ketones (excluding diaryl/α,β-unsaturated/α-hetero) is 1. The SMILES string of the molecule is COC(CC(C)=O)C(=O)N1CCN(c2cc(Cl)cc(Cl)c2)CC1. The van der Waals surface area contributed by atoms with Crippen LogP contribution in [0.4, 0.5) is 5.69 Å². The number of methoxy groups -OCH3 is 1. The zero-order valence-corrected chi connectivity index (χ0v) is 14.7. The lowest BCUT2D eigenvalue weighted by Gasteiger charge is -2.37. The summed E-state index contributed by atoms with van der Waals surface area (Å²) in [6.07, 6.45) is -0.584. The van der Waals surface area contributed by atoms with E-state index in [-0.39, 0.29) is 18.1 Å². The maximum Gasteiger partial charge on any atom is 0.252 e. The molecule has 23 heavy (non-hydrogen) atoms. The van der Waals surface area contributed by atoms with Gasteiger partial charge in [0.25, 0.3) is 5.91 Å². The van der Waals surface area contributed by atoms with E-state index in [4.69, 9.17) is 27.9 Å². The molecule has 0 radical (unpaired) electrons. The highest BCUT2D eigenvalue weighted by Crippen LogP contribution is 2.26. The van der Waals surface area contributed by atoms with E-state index in [9.17, 15) is 9.59 Å². The molecule has 0 bridgehead atoms. The molecule has 0 saturated carbocycles. The van der Waals surface area contributed by atoms with Crippen molar-refractivity contribution < 1.29 is 14.3 Å². The van der Waals surface area contributed by atoms with Gasteiger partial charge in [-0.15, -0.1) is 0 Å². The van der Waals surface area contributed by atoms with E-state index < -0.39 is 6.10 Å². The summed E-state index contributed by atoms with van der Waals surface area (Å²) in [6.45, 7) is 3.96. The summed E-state index contributed by atoms with van der Waals surface area (Å²) in [5, 5.41) is 1.18. The smallest absolute Gasteiger partial charge is 0.252 e. The third kappa shape index (κ3) is 4.83. The number of carbonyl (C=O) groups is 2. The Labute approximate surface area is 146 Å². The first-order valence-corrected chi connectivity index (χ1v) is 8.18. The number of hydrogen-bond acceptors (Lipinski definition) is 4. The molecule has 1 aromatic carbocycles. The summed E-state index contributed by atoms with van der Waals surface area (Å²) in [7, 11) is 1.45. The van der Waals surface area contributed by atoms with Crippen LogP contribution >= 0.6 is 23.2 Å². The van der Waals surface area contributed by atoms with Crippen molar-refractivity contribution >= 4 is 40.6 Å². The van der Waals surface area contributed by atoms with Gasteiger partial charge < -0.3 is 14.5 Å². The average molecular weight is 359 g/mol. The van der Waals surface area contributed by atoms with E-state index in [1.165, 1.54) is 14.0 Å². The fourth-order valence-electron chi connectivity index (χ4n) is 2.64. The van der Waals surface area contributed by atoms with E-state index >= 15 is 0 Å². The number of rotatable bonds is 5. The van der Waals surface area contributed by atoms with Crippen LogP contribution in [0, 0.1) is 0 Å². The van der Waals surface area contributed by atoms with Gasteiger partial charge in [-0.25, -0.2) is 0 Å². The number of hydrogen-bond donors (Lipinski definition) is 0. The Balaban J connectivity index is 1.97. The Morgan fingerprint density at radius 3 is 2.17 bits per heavy atom. The molecule has 5 nitrogen and oxygen atoms in total. The molecule has 1 aliphatic heterocycles. The first-order valence-electron chi connectivity index (χ1n) is 7.42.